The van der Waals surface area contributed by atoms with Crippen LogP contribution in [-0.4, -0.2) is 17.1 Å². The summed E-state index contributed by atoms with van der Waals surface area (Å²) in [5.74, 6) is 1.30. The molecule has 0 aliphatic rings. The van der Waals surface area contributed by atoms with Gasteiger partial charge in [-0.3, -0.25) is 4.98 Å². The Hall–Kier alpha value is -3.14. The number of nitrogens with zero attached hydrogens (tertiary/aromatic N) is 2. The van der Waals surface area contributed by atoms with Crippen LogP contribution in [0.15, 0.2) is 71.4 Å². The number of ether oxygens (including phenoxy) is 1. The summed E-state index contributed by atoms with van der Waals surface area (Å²) in [4.78, 5) is 8.54. The highest BCUT2D eigenvalue weighted by Gasteiger charge is 2.12. The highest BCUT2D eigenvalue weighted by molar-refractivity contribution is 5.92. The fraction of sp³-hybridized carbons (Fsp3) is 0.0526. The Morgan fingerprint density at radius 1 is 0.870 bits per heavy atom. The molecule has 0 spiro atoms. The Morgan fingerprint density at radius 2 is 1.70 bits per heavy atom. The van der Waals surface area contributed by atoms with Gasteiger partial charge in [0.15, 0.2) is 5.58 Å². The van der Waals surface area contributed by atoms with Crippen molar-refractivity contribution in [2.24, 2.45) is 0 Å². The second kappa shape index (κ2) is 5.57. The minimum absolute atomic E-state index is 0.555. The molecule has 0 aliphatic carbocycles. The molecule has 0 N–H and O–H groups in total. The molecule has 0 unspecified atom stereocenters. The van der Waals surface area contributed by atoms with Crippen LogP contribution in [0, 0.1) is 0 Å². The van der Waals surface area contributed by atoms with Gasteiger partial charge < -0.3 is 9.15 Å². The summed E-state index contributed by atoms with van der Waals surface area (Å²) in [6.07, 6.45) is 3.50. The van der Waals surface area contributed by atoms with Gasteiger partial charge in [0.05, 0.1) is 7.11 Å². The van der Waals surface area contributed by atoms with Gasteiger partial charge >= 0.3 is 0 Å². The maximum Gasteiger partial charge on any atom is 0.213 e. The fourth-order valence-electron chi connectivity index (χ4n) is 2.60. The van der Waals surface area contributed by atoms with Gasteiger partial charge in [0.1, 0.15) is 11.3 Å². The van der Waals surface area contributed by atoms with Gasteiger partial charge in [-0.25, -0.2) is 4.98 Å². The summed E-state index contributed by atoms with van der Waals surface area (Å²) >= 11 is 0. The molecule has 0 aliphatic heterocycles. The number of hydrogen-bond donors (Lipinski definition) is 0. The van der Waals surface area contributed by atoms with Crippen molar-refractivity contribution < 1.29 is 9.15 Å². The number of rotatable bonds is 3. The molecule has 3 aromatic heterocycles. The van der Waals surface area contributed by atoms with Crippen molar-refractivity contribution in [2.45, 2.75) is 0 Å². The van der Waals surface area contributed by atoms with E-state index in [1.165, 1.54) is 0 Å². The topological polar surface area (TPSA) is 48.2 Å². The van der Waals surface area contributed by atoms with Gasteiger partial charge in [-0.2, -0.15) is 0 Å². The Balaban J connectivity index is 1.88. The summed E-state index contributed by atoms with van der Waals surface area (Å²) in [5, 5.41) is 0. The number of pyridine rings is 2. The number of aromatic nitrogens is 2. The zero-order valence-corrected chi connectivity index (χ0v) is 12.6. The molecule has 3 heterocycles. The highest BCUT2D eigenvalue weighted by Crippen LogP contribution is 2.33. The Bertz CT molecular complexity index is 961. The maximum absolute atomic E-state index is 6.09. The first-order chi connectivity index (χ1) is 11.3. The van der Waals surface area contributed by atoms with Crippen LogP contribution in [0.3, 0.4) is 0 Å². The van der Waals surface area contributed by atoms with E-state index in [0.29, 0.717) is 5.88 Å². The number of furan rings is 1. The van der Waals surface area contributed by atoms with E-state index < -0.39 is 0 Å². The largest absolute Gasteiger partial charge is 0.481 e. The number of fused-ring (bicyclic) bond motifs is 1. The average molecular weight is 302 g/mol. The van der Waals surface area contributed by atoms with E-state index in [-0.39, 0.29) is 0 Å². The third-order valence-corrected chi connectivity index (χ3v) is 3.73. The molecule has 0 saturated carbocycles. The van der Waals surface area contributed by atoms with E-state index >= 15 is 0 Å². The van der Waals surface area contributed by atoms with Crippen molar-refractivity contribution >= 4 is 11.1 Å². The lowest BCUT2D eigenvalue weighted by molar-refractivity contribution is 0.398. The lowest BCUT2D eigenvalue weighted by Gasteiger charge is -2.02. The van der Waals surface area contributed by atoms with E-state index in [2.05, 4.69) is 22.1 Å². The zero-order valence-electron chi connectivity index (χ0n) is 12.6. The van der Waals surface area contributed by atoms with Gasteiger partial charge in [-0.05, 0) is 17.7 Å². The van der Waals surface area contributed by atoms with Gasteiger partial charge in [0.2, 0.25) is 5.88 Å². The van der Waals surface area contributed by atoms with E-state index in [1.54, 1.807) is 19.5 Å². The van der Waals surface area contributed by atoms with Gasteiger partial charge in [0.25, 0.3) is 0 Å². The van der Waals surface area contributed by atoms with E-state index in [9.17, 15) is 0 Å². The monoisotopic (exact) mass is 302 g/mol. The number of methoxy groups -OCH3 is 1. The smallest absolute Gasteiger partial charge is 0.213 e. The Morgan fingerprint density at radius 3 is 2.52 bits per heavy atom. The predicted molar refractivity (Wildman–Crippen MR) is 89.2 cm³/mol. The zero-order chi connectivity index (χ0) is 15.6. The quantitative estimate of drug-likeness (QED) is 0.556. The molecule has 23 heavy (non-hydrogen) atoms. The third kappa shape index (κ3) is 2.44. The summed E-state index contributed by atoms with van der Waals surface area (Å²) < 4.78 is 11.3. The van der Waals surface area contributed by atoms with Crippen molar-refractivity contribution in [3.8, 4) is 28.3 Å². The van der Waals surface area contributed by atoms with Crippen LogP contribution >= 0.6 is 0 Å². The minimum atomic E-state index is 0.555. The molecular weight excluding hydrogens is 288 g/mol. The van der Waals surface area contributed by atoms with Crippen molar-refractivity contribution in [3.05, 3.63) is 67.0 Å². The lowest BCUT2D eigenvalue weighted by atomic mass is 10.1. The molecule has 4 nitrogen and oxygen atoms in total. The fourth-order valence-corrected chi connectivity index (χ4v) is 2.60. The number of benzene rings is 1. The summed E-state index contributed by atoms with van der Waals surface area (Å²) in [7, 11) is 1.60. The van der Waals surface area contributed by atoms with E-state index in [0.717, 1.165) is 33.6 Å². The molecule has 0 atom stereocenters. The molecule has 0 fully saturated rings. The highest BCUT2D eigenvalue weighted by atomic mass is 16.5. The van der Waals surface area contributed by atoms with Gasteiger partial charge in [0, 0.05) is 35.7 Å². The normalized spacial score (nSPS) is 10.8. The predicted octanol–water partition coefficient (Wildman–Crippen LogP) is 4.57. The second-order valence-corrected chi connectivity index (χ2v) is 5.14. The van der Waals surface area contributed by atoms with Gasteiger partial charge in [-0.15, -0.1) is 0 Å². The molecule has 112 valence electrons. The number of hydrogen-bond acceptors (Lipinski definition) is 4. The van der Waals surface area contributed by atoms with Crippen LogP contribution in [0.4, 0.5) is 0 Å². The van der Waals surface area contributed by atoms with Crippen molar-refractivity contribution in [2.75, 3.05) is 7.11 Å². The van der Waals surface area contributed by atoms with Crippen LogP contribution in [-0.2, 0) is 0 Å². The van der Waals surface area contributed by atoms with E-state index in [4.69, 9.17) is 9.15 Å². The molecule has 1 aromatic carbocycles. The summed E-state index contributed by atoms with van der Waals surface area (Å²) in [6.45, 7) is 0. The summed E-state index contributed by atoms with van der Waals surface area (Å²) in [6, 6.07) is 17.8. The van der Waals surface area contributed by atoms with Crippen LogP contribution in [0.1, 0.15) is 0 Å². The lowest BCUT2D eigenvalue weighted by Crippen LogP contribution is -1.86. The second-order valence-electron chi connectivity index (χ2n) is 5.14. The average Bonchev–Trinajstić information content (AvgIpc) is 3.07. The third-order valence-electron chi connectivity index (χ3n) is 3.73. The van der Waals surface area contributed by atoms with Crippen molar-refractivity contribution in [3.63, 3.8) is 0 Å². The van der Waals surface area contributed by atoms with Crippen LogP contribution < -0.4 is 4.74 Å². The molecule has 0 amide bonds. The van der Waals surface area contributed by atoms with Crippen LogP contribution in [0.25, 0.3) is 33.6 Å². The maximum atomic E-state index is 6.09. The molecule has 4 aromatic rings. The first-order valence-corrected chi connectivity index (χ1v) is 7.29. The molecule has 0 radical (unpaired) electrons. The SMILES string of the molecule is COc1cc(-c2cc3nccc(-c4ccccc4)c3o2)ccn1. The molecular formula is C19H14N2O2. The first-order valence-electron chi connectivity index (χ1n) is 7.29. The molecule has 4 rings (SSSR count). The van der Waals surface area contributed by atoms with Crippen LogP contribution in [0.2, 0.25) is 0 Å². The van der Waals surface area contributed by atoms with Gasteiger partial charge in [-0.1, -0.05) is 30.3 Å². The Kier molecular flexibility index (Phi) is 3.27. The first kappa shape index (κ1) is 13.5. The Labute approximate surface area is 133 Å². The van der Waals surface area contributed by atoms with Crippen molar-refractivity contribution in [1.82, 2.24) is 9.97 Å². The molecule has 4 heteroatoms. The van der Waals surface area contributed by atoms with E-state index in [1.807, 2.05) is 42.5 Å². The van der Waals surface area contributed by atoms with Crippen LogP contribution in [0.5, 0.6) is 5.88 Å². The van der Waals surface area contributed by atoms with Crippen molar-refractivity contribution in [1.29, 1.82) is 0 Å². The molecule has 0 bridgehead atoms. The summed E-state index contributed by atoms with van der Waals surface area (Å²) in [5.41, 5.74) is 4.66. The molecule has 0 saturated heterocycles. The minimum Gasteiger partial charge on any atom is -0.481 e. The standard InChI is InChI=1S/C19H14N2O2/c1-22-18-11-14(7-9-21-18)17-12-16-19(23-17)15(8-10-20-16)13-5-3-2-4-6-13/h2-12H,1H3.